The van der Waals surface area contributed by atoms with Crippen molar-refractivity contribution in [2.24, 2.45) is 0 Å². The minimum Gasteiger partial charge on any atom is -0.484 e. The molecule has 5 rings (SSSR count). The molecule has 0 spiro atoms. The van der Waals surface area contributed by atoms with Gasteiger partial charge in [-0.3, -0.25) is 14.7 Å². The number of benzene rings is 2. The Balaban J connectivity index is 1.40. The number of hydrogen-bond donors (Lipinski definition) is 1. The van der Waals surface area contributed by atoms with E-state index in [4.69, 9.17) is 16.3 Å². The highest BCUT2D eigenvalue weighted by Gasteiger charge is 2.26. The van der Waals surface area contributed by atoms with Crippen molar-refractivity contribution in [3.8, 4) is 17.0 Å². The Labute approximate surface area is 189 Å². The summed E-state index contributed by atoms with van der Waals surface area (Å²) < 4.78 is 7.11. The number of nitrogens with one attached hydrogen (secondary N) is 1. The van der Waals surface area contributed by atoms with Crippen LogP contribution in [0.2, 0.25) is 5.02 Å². The molecule has 4 aromatic rings. The minimum atomic E-state index is -0.208. The van der Waals surface area contributed by atoms with Gasteiger partial charge in [-0.05, 0) is 24.6 Å². The number of hydrogen-bond acceptors (Lipinski definition) is 4. The van der Waals surface area contributed by atoms with Crippen LogP contribution >= 0.6 is 11.6 Å². The monoisotopic (exact) mass is 448 g/mol. The zero-order valence-corrected chi connectivity index (χ0v) is 18.2. The smallest absolute Gasteiger partial charge is 0.277 e. The predicted octanol–water partition coefficient (Wildman–Crippen LogP) is 3.62. The summed E-state index contributed by atoms with van der Waals surface area (Å²) >= 11 is 6.31. The standard InChI is InChI=1S/C24H21ClN4O3/c1-15-6-2-5-9-21(15)32-14-23(30)28-11-10-19-17(13-28)24(31)29-22(26-19)12-20(27-29)16-7-3-4-8-18(16)25/h2-9,12,27H,10-11,13-14H2,1H3. The van der Waals surface area contributed by atoms with E-state index in [9.17, 15) is 9.59 Å². The number of H-pyrrole nitrogens is 1. The molecule has 0 aliphatic carbocycles. The fourth-order valence-corrected chi connectivity index (χ4v) is 4.20. The first-order valence-electron chi connectivity index (χ1n) is 10.4. The number of fused-ring (bicyclic) bond motifs is 2. The Bertz CT molecular complexity index is 1390. The van der Waals surface area contributed by atoms with Gasteiger partial charge in [0.2, 0.25) is 0 Å². The van der Waals surface area contributed by atoms with Crippen molar-refractivity contribution in [1.29, 1.82) is 0 Å². The second-order valence-corrected chi connectivity index (χ2v) is 8.21. The van der Waals surface area contributed by atoms with Crippen molar-refractivity contribution < 1.29 is 9.53 Å². The van der Waals surface area contributed by atoms with Crippen LogP contribution in [-0.4, -0.2) is 38.6 Å². The third kappa shape index (κ3) is 3.65. The average molecular weight is 449 g/mol. The van der Waals surface area contributed by atoms with Crippen molar-refractivity contribution in [2.45, 2.75) is 19.9 Å². The molecule has 0 bridgehead atoms. The fourth-order valence-electron chi connectivity index (χ4n) is 3.96. The van der Waals surface area contributed by atoms with Gasteiger partial charge in [0, 0.05) is 29.6 Å². The van der Waals surface area contributed by atoms with E-state index >= 15 is 0 Å². The molecule has 1 aliphatic rings. The lowest BCUT2D eigenvalue weighted by atomic mass is 10.1. The van der Waals surface area contributed by atoms with Gasteiger partial charge in [-0.15, -0.1) is 0 Å². The number of carbonyl (C=O) groups is 1. The number of amides is 1. The van der Waals surface area contributed by atoms with Crippen LogP contribution in [0.1, 0.15) is 16.8 Å². The van der Waals surface area contributed by atoms with Crippen LogP contribution in [0, 0.1) is 6.92 Å². The van der Waals surface area contributed by atoms with Crippen molar-refractivity contribution in [3.05, 3.63) is 86.8 Å². The Morgan fingerprint density at radius 3 is 2.78 bits per heavy atom. The lowest BCUT2D eigenvalue weighted by molar-refractivity contribution is -0.134. The van der Waals surface area contributed by atoms with Gasteiger partial charge in [0.15, 0.2) is 12.3 Å². The number of aromatic nitrogens is 3. The highest BCUT2D eigenvalue weighted by Crippen LogP contribution is 2.27. The molecule has 7 nitrogen and oxygen atoms in total. The Hall–Kier alpha value is -3.58. The van der Waals surface area contributed by atoms with E-state index in [2.05, 4.69) is 10.1 Å². The van der Waals surface area contributed by atoms with E-state index in [1.54, 1.807) is 11.0 Å². The van der Waals surface area contributed by atoms with Crippen LogP contribution in [0.5, 0.6) is 5.75 Å². The molecule has 0 radical (unpaired) electrons. The summed E-state index contributed by atoms with van der Waals surface area (Å²) in [7, 11) is 0. The first kappa shape index (κ1) is 20.3. The van der Waals surface area contributed by atoms with Gasteiger partial charge in [0.25, 0.3) is 11.5 Å². The molecule has 2 aromatic heterocycles. The zero-order chi connectivity index (χ0) is 22.2. The van der Waals surface area contributed by atoms with Gasteiger partial charge in [-0.1, -0.05) is 48.0 Å². The third-order valence-corrected chi connectivity index (χ3v) is 6.05. The molecule has 1 aliphatic heterocycles. The number of halogens is 1. The summed E-state index contributed by atoms with van der Waals surface area (Å²) in [5, 5.41) is 3.68. The first-order chi connectivity index (χ1) is 15.5. The summed E-state index contributed by atoms with van der Waals surface area (Å²) in [5.41, 5.74) is 4.04. The van der Waals surface area contributed by atoms with Gasteiger partial charge in [-0.2, -0.15) is 0 Å². The molecule has 3 heterocycles. The number of nitrogens with zero attached hydrogens (tertiary/aromatic N) is 3. The summed E-state index contributed by atoms with van der Waals surface area (Å²) in [6, 6.07) is 16.8. The molecule has 0 saturated heterocycles. The molecule has 2 aromatic carbocycles. The van der Waals surface area contributed by atoms with Crippen LogP contribution in [0.25, 0.3) is 16.9 Å². The van der Waals surface area contributed by atoms with Crippen LogP contribution < -0.4 is 10.3 Å². The van der Waals surface area contributed by atoms with Crippen molar-refractivity contribution in [2.75, 3.05) is 13.2 Å². The van der Waals surface area contributed by atoms with Gasteiger partial charge < -0.3 is 9.64 Å². The van der Waals surface area contributed by atoms with E-state index in [1.165, 1.54) is 4.52 Å². The molecule has 0 fully saturated rings. The summed E-state index contributed by atoms with van der Waals surface area (Å²) in [5.74, 6) is 0.520. The molecule has 0 atom stereocenters. The highest BCUT2D eigenvalue weighted by atomic mass is 35.5. The predicted molar refractivity (Wildman–Crippen MR) is 122 cm³/mol. The van der Waals surface area contributed by atoms with Gasteiger partial charge in [0.1, 0.15) is 5.75 Å². The van der Waals surface area contributed by atoms with Crippen LogP contribution in [0.3, 0.4) is 0 Å². The van der Waals surface area contributed by atoms with E-state index in [0.29, 0.717) is 40.6 Å². The SMILES string of the molecule is Cc1ccccc1OCC(=O)N1CCc2nc3cc(-c4ccccc4Cl)[nH]n3c(=O)c2C1. The number of carbonyl (C=O) groups excluding carboxylic acids is 1. The fraction of sp³-hybridized carbons (Fsp3) is 0.208. The second-order valence-electron chi connectivity index (χ2n) is 7.80. The number of aryl methyl sites for hydroxylation is 1. The van der Waals surface area contributed by atoms with Crippen molar-refractivity contribution in [1.82, 2.24) is 19.5 Å². The van der Waals surface area contributed by atoms with Gasteiger partial charge >= 0.3 is 0 Å². The Morgan fingerprint density at radius 2 is 1.97 bits per heavy atom. The maximum absolute atomic E-state index is 13.2. The maximum atomic E-state index is 13.2. The van der Waals surface area contributed by atoms with Gasteiger partial charge in [0.05, 0.1) is 23.5 Å². The largest absolute Gasteiger partial charge is 0.484 e. The Morgan fingerprint density at radius 1 is 1.19 bits per heavy atom. The number of rotatable bonds is 4. The molecular formula is C24H21ClN4O3. The van der Waals surface area contributed by atoms with E-state index in [0.717, 1.165) is 16.8 Å². The Kier molecular flexibility index (Phi) is 5.19. The average Bonchev–Trinajstić information content (AvgIpc) is 3.23. The lowest BCUT2D eigenvalue weighted by Gasteiger charge is -2.27. The molecule has 1 amide bonds. The van der Waals surface area contributed by atoms with Crippen LogP contribution in [0.4, 0.5) is 0 Å². The van der Waals surface area contributed by atoms with Crippen LogP contribution in [-0.2, 0) is 17.8 Å². The quantitative estimate of drug-likeness (QED) is 0.517. The van der Waals surface area contributed by atoms with Crippen molar-refractivity contribution in [3.63, 3.8) is 0 Å². The third-order valence-electron chi connectivity index (χ3n) is 5.72. The second kappa shape index (κ2) is 8.16. The summed E-state index contributed by atoms with van der Waals surface area (Å²) in [4.78, 5) is 32.2. The molecule has 0 saturated carbocycles. The van der Waals surface area contributed by atoms with Crippen molar-refractivity contribution >= 4 is 23.2 Å². The van der Waals surface area contributed by atoms with E-state index in [1.807, 2.05) is 55.5 Å². The number of ether oxygens (including phenoxy) is 1. The van der Waals surface area contributed by atoms with E-state index in [-0.39, 0.29) is 24.6 Å². The zero-order valence-electron chi connectivity index (χ0n) is 17.5. The molecular weight excluding hydrogens is 428 g/mol. The molecule has 32 heavy (non-hydrogen) atoms. The summed E-state index contributed by atoms with van der Waals surface area (Å²) in [6.45, 7) is 2.56. The molecule has 0 unspecified atom stereocenters. The first-order valence-corrected chi connectivity index (χ1v) is 10.7. The normalized spacial score (nSPS) is 13.2. The summed E-state index contributed by atoms with van der Waals surface area (Å²) in [6.07, 6.45) is 0.518. The van der Waals surface area contributed by atoms with Crippen LogP contribution in [0.15, 0.2) is 59.4 Å². The lowest BCUT2D eigenvalue weighted by Crippen LogP contribution is -2.42. The highest BCUT2D eigenvalue weighted by molar-refractivity contribution is 6.33. The van der Waals surface area contributed by atoms with E-state index < -0.39 is 0 Å². The topological polar surface area (TPSA) is 79.7 Å². The maximum Gasteiger partial charge on any atom is 0.277 e. The minimum absolute atomic E-state index is 0.0731. The number of aromatic amines is 1. The van der Waals surface area contributed by atoms with Gasteiger partial charge in [-0.25, -0.2) is 9.50 Å². The molecule has 162 valence electrons. The molecule has 1 N–H and O–H groups in total. The number of para-hydroxylation sites is 1. The molecule has 8 heteroatoms.